The van der Waals surface area contributed by atoms with Crippen molar-refractivity contribution in [2.24, 2.45) is 0 Å². The van der Waals surface area contributed by atoms with Gasteiger partial charge < -0.3 is 0 Å². The van der Waals surface area contributed by atoms with Crippen LogP contribution in [0.5, 0.6) is 0 Å². The standard InChI is InChI=1S/C14H7Cl2F3N2.C2H6/c15-10-4-1-7(5-11(10)16)13-9-3-2-8(14(17,18)19)6-12(9)20-21-13;1-2/h1-6H,(H,20,21);1-2H3. The molecule has 23 heavy (non-hydrogen) atoms. The van der Waals surface area contributed by atoms with Crippen molar-refractivity contribution in [1.82, 2.24) is 10.2 Å². The van der Waals surface area contributed by atoms with Crippen LogP contribution < -0.4 is 0 Å². The fourth-order valence-corrected chi connectivity index (χ4v) is 2.36. The normalized spacial score (nSPS) is 11.3. The van der Waals surface area contributed by atoms with E-state index in [0.717, 1.165) is 12.1 Å². The predicted molar refractivity (Wildman–Crippen MR) is 87.9 cm³/mol. The smallest absolute Gasteiger partial charge is 0.277 e. The van der Waals surface area contributed by atoms with E-state index in [1.165, 1.54) is 6.07 Å². The predicted octanol–water partition coefficient (Wildman–Crippen LogP) is 6.58. The van der Waals surface area contributed by atoms with Crippen molar-refractivity contribution in [2.45, 2.75) is 20.0 Å². The van der Waals surface area contributed by atoms with Crippen molar-refractivity contribution in [2.75, 3.05) is 0 Å². The van der Waals surface area contributed by atoms with Crippen LogP contribution in [0.2, 0.25) is 10.0 Å². The summed E-state index contributed by atoms with van der Waals surface area (Å²) in [7, 11) is 0. The van der Waals surface area contributed by atoms with Gasteiger partial charge in [-0.05, 0) is 30.3 Å². The number of rotatable bonds is 1. The number of hydrogen-bond acceptors (Lipinski definition) is 1. The van der Waals surface area contributed by atoms with E-state index in [0.29, 0.717) is 32.2 Å². The molecule has 1 aromatic heterocycles. The summed E-state index contributed by atoms with van der Waals surface area (Å²) in [5.74, 6) is 0. The van der Waals surface area contributed by atoms with Crippen LogP contribution in [0.3, 0.4) is 0 Å². The number of nitrogens with zero attached hydrogens (tertiary/aromatic N) is 1. The lowest BCUT2D eigenvalue weighted by atomic mass is 10.1. The first-order chi connectivity index (χ1) is 10.9. The molecule has 0 aliphatic carbocycles. The summed E-state index contributed by atoms with van der Waals surface area (Å²) in [5, 5.41) is 8.02. The second-order valence-corrected chi connectivity index (χ2v) is 5.27. The molecule has 7 heteroatoms. The van der Waals surface area contributed by atoms with Crippen molar-refractivity contribution in [3.63, 3.8) is 0 Å². The van der Waals surface area contributed by atoms with E-state index in [4.69, 9.17) is 23.2 Å². The SMILES string of the molecule is CC.FC(F)(F)c1ccc2c(-c3ccc(Cl)c(Cl)c3)n[nH]c2c1. The van der Waals surface area contributed by atoms with Gasteiger partial charge >= 0.3 is 6.18 Å². The largest absolute Gasteiger partial charge is 0.416 e. The summed E-state index contributed by atoms with van der Waals surface area (Å²) >= 11 is 11.8. The number of benzene rings is 2. The summed E-state index contributed by atoms with van der Waals surface area (Å²) in [6.45, 7) is 4.00. The molecule has 0 amide bonds. The minimum Gasteiger partial charge on any atom is -0.277 e. The lowest BCUT2D eigenvalue weighted by Gasteiger charge is -2.06. The monoisotopic (exact) mass is 360 g/mol. The molecule has 122 valence electrons. The molecule has 3 rings (SSSR count). The van der Waals surface area contributed by atoms with Gasteiger partial charge in [0.15, 0.2) is 0 Å². The van der Waals surface area contributed by atoms with Crippen LogP contribution in [0.1, 0.15) is 19.4 Å². The molecule has 0 saturated heterocycles. The third-order valence-corrected chi connectivity index (χ3v) is 3.82. The maximum Gasteiger partial charge on any atom is 0.416 e. The minimum absolute atomic E-state index is 0.311. The molecule has 0 atom stereocenters. The van der Waals surface area contributed by atoms with Gasteiger partial charge in [-0.1, -0.05) is 43.1 Å². The first-order valence-corrected chi connectivity index (χ1v) is 7.62. The van der Waals surface area contributed by atoms with Gasteiger partial charge in [0.2, 0.25) is 0 Å². The maximum atomic E-state index is 12.7. The van der Waals surface area contributed by atoms with E-state index in [-0.39, 0.29) is 0 Å². The number of hydrogen-bond donors (Lipinski definition) is 1. The zero-order valence-corrected chi connectivity index (χ0v) is 13.8. The number of aromatic amines is 1. The molecule has 0 spiro atoms. The van der Waals surface area contributed by atoms with Gasteiger partial charge in [-0.25, -0.2) is 0 Å². The Morgan fingerprint density at radius 1 is 0.957 bits per heavy atom. The molecule has 0 aliphatic heterocycles. The molecule has 1 heterocycles. The van der Waals surface area contributed by atoms with Gasteiger partial charge in [-0.2, -0.15) is 18.3 Å². The first-order valence-electron chi connectivity index (χ1n) is 6.87. The second-order valence-electron chi connectivity index (χ2n) is 4.46. The second kappa shape index (κ2) is 6.81. The summed E-state index contributed by atoms with van der Waals surface area (Å²) in [6.07, 6.45) is -4.39. The molecular formula is C16H13Cl2F3N2. The Labute approximate surface area is 141 Å². The number of nitrogens with one attached hydrogen (secondary N) is 1. The Morgan fingerprint density at radius 2 is 1.65 bits per heavy atom. The van der Waals surface area contributed by atoms with Crippen LogP contribution in [0, 0.1) is 0 Å². The lowest BCUT2D eigenvalue weighted by Crippen LogP contribution is -2.04. The fourth-order valence-electron chi connectivity index (χ4n) is 2.06. The Balaban J connectivity index is 0.000000924. The molecule has 0 unspecified atom stereocenters. The summed E-state index contributed by atoms with van der Waals surface area (Å²) < 4.78 is 38.0. The van der Waals surface area contributed by atoms with Crippen molar-refractivity contribution in [3.8, 4) is 11.3 Å². The number of aromatic nitrogens is 2. The van der Waals surface area contributed by atoms with Gasteiger partial charge in [0, 0.05) is 10.9 Å². The number of H-pyrrole nitrogens is 1. The number of halogens is 5. The van der Waals surface area contributed by atoms with Crippen LogP contribution in [-0.2, 0) is 6.18 Å². The molecule has 2 aromatic carbocycles. The summed E-state index contributed by atoms with van der Waals surface area (Å²) in [5.41, 5.74) is 0.790. The Morgan fingerprint density at radius 3 is 2.26 bits per heavy atom. The molecule has 1 N–H and O–H groups in total. The number of fused-ring (bicyclic) bond motifs is 1. The third kappa shape index (κ3) is 3.62. The molecule has 0 bridgehead atoms. The van der Waals surface area contributed by atoms with Crippen LogP contribution in [0.4, 0.5) is 13.2 Å². The van der Waals surface area contributed by atoms with Crippen LogP contribution in [0.25, 0.3) is 22.2 Å². The quantitative estimate of drug-likeness (QED) is 0.521. The third-order valence-electron chi connectivity index (χ3n) is 3.08. The van der Waals surface area contributed by atoms with E-state index >= 15 is 0 Å². The number of alkyl halides is 3. The Bertz CT molecular complexity index is 826. The molecule has 0 fully saturated rings. The molecule has 0 aliphatic rings. The Kier molecular flexibility index (Phi) is 5.22. The highest BCUT2D eigenvalue weighted by molar-refractivity contribution is 6.42. The van der Waals surface area contributed by atoms with Crippen molar-refractivity contribution < 1.29 is 13.2 Å². The molecule has 2 nitrogen and oxygen atoms in total. The highest BCUT2D eigenvalue weighted by Crippen LogP contribution is 2.35. The minimum atomic E-state index is -4.39. The first kappa shape index (κ1) is 17.6. The average molecular weight is 361 g/mol. The molecular weight excluding hydrogens is 348 g/mol. The van der Waals surface area contributed by atoms with Crippen LogP contribution in [-0.4, -0.2) is 10.2 Å². The van der Waals surface area contributed by atoms with Crippen LogP contribution >= 0.6 is 23.2 Å². The highest BCUT2D eigenvalue weighted by atomic mass is 35.5. The van der Waals surface area contributed by atoms with E-state index in [1.807, 2.05) is 13.8 Å². The van der Waals surface area contributed by atoms with Gasteiger partial charge in [-0.15, -0.1) is 0 Å². The van der Waals surface area contributed by atoms with E-state index in [9.17, 15) is 13.2 Å². The van der Waals surface area contributed by atoms with Crippen molar-refractivity contribution in [1.29, 1.82) is 0 Å². The van der Waals surface area contributed by atoms with Gasteiger partial charge in [0.25, 0.3) is 0 Å². The van der Waals surface area contributed by atoms with Gasteiger partial charge in [0.05, 0.1) is 26.8 Å². The van der Waals surface area contributed by atoms with Crippen molar-refractivity contribution in [3.05, 3.63) is 52.0 Å². The zero-order valence-electron chi connectivity index (χ0n) is 12.3. The molecule has 3 aromatic rings. The zero-order chi connectivity index (χ0) is 17.2. The fraction of sp³-hybridized carbons (Fsp3) is 0.188. The Hall–Kier alpha value is -1.72. The summed E-state index contributed by atoms with van der Waals surface area (Å²) in [4.78, 5) is 0. The molecule has 0 saturated carbocycles. The van der Waals surface area contributed by atoms with Crippen molar-refractivity contribution >= 4 is 34.1 Å². The van der Waals surface area contributed by atoms with Gasteiger partial charge in [-0.3, -0.25) is 5.10 Å². The summed E-state index contributed by atoms with van der Waals surface area (Å²) in [6, 6.07) is 8.39. The van der Waals surface area contributed by atoms with Gasteiger partial charge in [0.1, 0.15) is 0 Å². The topological polar surface area (TPSA) is 28.7 Å². The maximum absolute atomic E-state index is 12.7. The van der Waals surface area contributed by atoms with E-state index in [1.54, 1.807) is 18.2 Å². The van der Waals surface area contributed by atoms with Crippen LogP contribution in [0.15, 0.2) is 36.4 Å². The average Bonchev–Trinajstić information content (AvgIpc) is 2.94. The van der Waals surface area contributed by atoms with E-state index in [2.05, 4.69) is 10.2 Å². The molecule has 0 radical (unpaired) electrons. The van der Waals surface area contributed by atoms with E-state index < -0.39 is 11.7 Å². The lowest BCUT2D eigenvalue weighted by molar-refractivity contribution is -0.137. The highest BCUT2D eigenvalue weighted by Gasteiger charge is 2.30.